The molecule has 158 valence electrons. The Bertz CT molecular complexity index is 968. The van der Waals surface area contributed by atoms with E-state index in [1.807, 2.05) is 0 Å². The van der Waals surface area contributed by atoms with E-state index in [1.165, 1.54) is 31.3 Å². The Labute approximate surface area is 165 Å². The van der Waals surface area contributed by atoms with E-state index in [1.54, 1.807) is 0 Å². The van der Waals surface area contributed by atoms with Crippen LogP contribution in [0.25, 0.3) is 0 Å². The van der Waals surface area contributed by atoms with Gasteiger partial charge in [0.25, 0.3) is 0 Å². The number of aliphatic hydroxyl groups is 1. The number of ether oxygens (including phenoxy) is 1. The Kier molecular flexibility index (Phi) is 5.96. The maximum atomic E-state index is 13.3. The smallest absolute Gasteiger partial charge is 0.423 e. The molecule has 0 aliphatic heterocycles. The lowest BCUT2D eigenvalue weighted by Crippen LogP contribution is -2.27. The van der Waals surface area contributed by atoms with Crippen LogP contribution in [0.3, 0.4) is 0 Å². The summed E-state index contributed by atoms with van der Waals surface area (Å²) in [6.07, 6.45) is -4.23. The molecule has 0 bridgehead atoms. The molecule has 0 radical (unpaired) electrons. The van der Waals surface area contributed by atoms with Crippen molar-refractivity contribution < 1.29 is 31.4 Å². The number of rotatable bonds is 6. The summed E-state index contributed by atoms with van der Waals surface area (Å²) in [6, 6.07) is 5.49. The van der Waals surface area contributed by atoms with E-state index in [4.69, 9.17) is 4.74 Å². The largest absolute Gasteiger partial charge is 0.471 e. The third-order valence-electron chi connectivity index (χ3n) is 4.43. The van der Waals surface area contributed by atoms with Gasteiger partial charge in [0, 0.05) is 11.9 Å². The number of alkyl halides is 3. The molecule has 0 amide bonds. The second-order valence-corrected chi connectivity index (χ2v) is 8.31. The van der Waals surface area contributed by atoms with Crippen molar-refractivity contribution in [1.82, 2.24) is 14.7 Å². The van der Waals surface area contributed by atoms with E-state index in [9.17, 15) is 26.7 Å². The molecule has 1 aliphatic carbocycles. The quantitative estimate of drug-likeness (QED) is 0.643. The van der Waals surface area contributed by atoms with Gasteiger partial charge in [-0.25, -0.2) is 18.1 Å². The number of halogens is 3. The summed E-state index contributed by atoms with van der Waals surface area (Å²) in [5.41, 5.74) is -0.774. The van der Waals surface area contributed by atoms with Crippen molar-refractivity contribution in [2.45, 2.75) is 42.5 Å². The fourth-order valence-corrected chi connectivity index (χ4v) is 3.59. The second kappa shape index (κ2) is 8.13. The molecule has 0 spiro atoms. The topological polar surface area (TPSA) is 113 Å². The lowest BCUT2D eigenvalue weighted by molar-refractivity contribution is -0.140. The molecule has 1 aromatic heterocycles. The zero-order valence-corrected chi connectivity index (χ0v) is 16.1. The van der Waals surface area contributed by atoms with Gasteiger partial charge in [0.05, 0.1) is 11.0 Å². The number of hydrogen-bond donors (Lipinski definition) is 3. The lowest BCUT2D eigenvalue weighted by atomic mass is 10.2. The first-order chi connectivity index (χ1) is 13.6. The minimum absolute atomic E-state index is 0.0260. The first-order valence-corrected chi connectivity index (χ1v) is 10.2. The zero-order chi connectivity index (χ0) is 21.2. The third-order valence-corrected chi connectivity index (χ3v) is 5.86. The van der Waals surface area contributed by atoms with E-state index in [0.717, 1.165) is 0 Å². The molecule has 1 heterocycles. The number of hydrogen-bond acceptors (Lipinski definition) is 7. The molecule has 0 unspecified atom stereocenters. The van der Waals surface area contributed by atoms with Gasteiger partial charge in [-0.1, -0.05) is 0 Å². The maximum Gasteiger partial charge on any atom is 0.423 e. The molecule has 1 aromatic carbocycles. The van der Waals surface area contributed by atoms with Gasteiger partial charge in [0.2, 0.25) is 21.9 Å². The van der Waals surface area contributed by atoms with E-state index >= 15 is 0 Å². The molecule has 2 atom stereocenters. The van der Waals surface area contributed by atoms with Gasteiger partial charge in [-0.3, -0.25) is 0 Å². The zero-order valence-electron chi connectivity index (χ0n) is 15.3. The minimum atomic E-state index is -4.72. The average Bonchev–Trinajstić information content (AvgIpc) is 3.06. The van der Waals surface area contributed by atoms with Crippen LogP contribution in [0.2, 0.25) is 0 Å². The molecule has 0 saturated heterocycles. The lowest BCUT2D eigenvalue weighted by Gasteiger charge is -2.19. The summed E-state index contributed by atoms with van der Waals surface area (Å²) < 4.78 is 70.8. The molecule has 3 rings (SSSR count). The molecular formula is C17H19F3N4O4S. The Balaban J connectivity index is 1.85. The minimum Gasteiger partial charge on any atom is -0.471 e. The molecule has 12 heteroatoms. The summed E-state index contributed by atoms with van der Waals surface area (Å²) in [7, 11) is -2.33. The van der Waals surface area contributed by atoms with Gasteiger partial charge in [0.1, 0.15) is 11.7 Å². The van der Waals surface area contributed by atoms with E-state index < -0.39 is 39.9 Å². The van der Waals surface area contributed by atoms with Crippen molar-refractivity contribution in [3.05, 3.63) is 36.0 Å². The van der Waals surface area contributed by atoms with Crippen LogP contribution < -0.4 is 14.8 Å². The van der Waals surface area contributed by atoms with Crippen LogP contribution in [0.1, 0.15) is 24.8 Å². The molecule has 1 aliphatic rings. The molecule has 2 aromatic rings. The molecule has 8 nitrogen and oxygen atoms in total. The fourth-order valence-electron chi connectivity index (χ4n) is 2.86. The number of aliphatic hydroxyl groups excluding tert-OH is 1. The van der Waals surface area contributed by atoms with Crippen LogP contribution in [-0.4, -0.2) is 42.7 Å². The summed E-state index contributed by atoms with van der Waals surface area (Å²) in [4.78, 5) is 7.51. The van der Waals surface area contributed by atoms with Gasteiger partial charge in [0.15, 0.2) is 0 Å². The number of nitrogens with zero attached hydrogens (tertiary/aromatic N) is 2. The Hall–Kier alpha value is -2.44. The van der Waals surface area contributed by atoms with Crippen molar-refractivity contribution in [3.8, 4) is 5.88 Å². The van der Waals surface area contributed by atoms with Crippen molar-refractivity contribution >= 4 is 21.7 Å². The molecular weight excluding hydrogens is 413 g/mol. The van der Waals surface area contributed by atoms with Crippen LogP contribution >= 0.6 is 0 Å². The first kappa shape index (κ1) is 21.3. The average molecular weight is 432 g/mol. The van der Waals surface area contributed by atoms with Gasteiger partial charge in [-0.15, -0.1) is 0 Å². The Morgan fingerprint density at radius 1 is 1.21 bits per heavy atom. The van der Waals surface area contributed by atoms with Crippen molar-refractivity contribution in [3.63, 3.8) is 0 Å². The van der Waals surface area contributed by atoms with Crippen LogP contribution in [0, 0.1) is 0 Å². The van der Waals surface area contributed by atoms with Gasteiger partial charge < -0.3 is 15.2 Å². The fraction of sp³-hybridized carbons (Fsp3) is 0.412. The highest BCUT2D eigenvalue weighted by molar-refractivity contribution is 7.89. The number of sulfonamides is 1. The highest BCUT2D eigenvalue weighted by atomic mass is 32.2. The SMILES string of the molecule is CNS(=O)(=O)c1ccc(Nc2ncc(C(F)(F)F)c(O[C@H]3CCC[C@H]3O)n2)cc1. The molecule has 1 fully saturated rings. The standard InChI is InChI=1S/C17H19F3N4O4S/c1-21-29(26,27)11-7-5-10(6-8-11)23-16-22-9-12(17(18,19)20)15(24-16)28-14-4-2-3-13(14)25/h5-9,13-14,21,25H,2-4H2,1H3,(H,22,23,24)/t13-,14+/m1/s1. The van der Waals surface area contributed by atoms with Crippen molar-refractivity contribution in [2.75, 3.05) is 12.4 Å². The molecule has 29 heavy (non-hydrogen) atoms. The van der Waals surface area contributed by atoms with E-state index in [-0.39, 0.29) is 10.8 Å². The summed E-state index contributed by atoms with van der Waals surface area (Å²) in [6.45, 7) is 0. The van der Waals surface area contributed by atoms with Gasteiger partial charge in [-0.05, 0) is 50.6 Å². The highest BCUT2D eigenvalue weighted by Gasteiger charge is 2.38. The summed E-state index contributed by atoms with van der Waals surface area (Å²) in [5.74, 6) is -0.833. The van der Waals surface area contributed by atoms with Crippen LogP contribution in [0.5, 0.6) is 5.88 Å². The van der Waals surface area contributed by atoms with Crippen molar-refractivity contribution in [1.29, 1.82) is 0 Å². The predicted octanol–water partition coefficient (Wildman–Crippen LogP) is 2.44. The number of aromatic nitrogens is 2. The van der Waals surface area contributed by atoms with E-state index in [0.29, 0.717) is 31.1 Å². The second-order valence-electron chi connectivity index (χ2n) is 6.42. The predicted molar refractivity (Wildman–Crippen MR) is 97.3 cm³/mol. The number of anilines is 2. The Morgan fingerprint density at radius 2 is 1.90 bits per heavy atom. The summed E-state index contributed by atoms with van der Waals surface area (Å²) >= 11 is 0. The van der Waals surface area contributed by atoms with Gasteiger partial charge in [-0.2, -0.15) is 18.2 Å². The molecule has 3 N–H and O–H groups in total. The highest BCUT2D eigenvalue weighted by Crippen LogP contribution is 2.37. The van der Waals surface area contributed by atoms with Crippen LogP contribution in [0.15, 0.2) is 35.4 Å². The molecule has 1 saturated carbocycles. The normalized spacial score (nSPS) is 19.9. The number of nitrogens with one attached hydrogen (secondary N) is 2. The summed E-state index contributed by atoms with van der Waals surface area (Å²) in [5, 5.41) is 12.5. The van der Waals surface area contributed by atoms with E-state index in [2.05, 4.69) is 20.0 Å². The first-order valence-electron chi connectivity index (χ1n) is 8.70. The van der Waals surface area contributed by atoms with Crippen molar-refractivity contribution in [2.24, 2.45) is 0 Å². The maximum absolute atomic E-state index is 13.3. The third kappa shape index (κ3) is 4.95. The van der Waals surface area contributed by atoms with Crippen LogP contribution in [-0.2, 0) is 16.2 Å². The van der Waals surface area contributed by atoms with Gasteiger partial charge >= 0.3 is 6.18 Å². The van der Waals surface area contributed by atoms with Crippen LogP contribution in [0.4, 0.5) is 24.8 Å². The number of benzene rings is 1. The Morgan fingerprint density at radius 3 is 2.45 bits per heavy atom. The monoisotopic (exact) mass is 432 g/mol.